The molecule has 0 unspecified atom stereocenters. The van der Waals surface area contributed by atoms with Gasteiger partial charge in [-0.15, -0.1) is 22.7 Å². The van der Waals surface area contributed by atoms with E-state index in [4.69, 9.17) is 0 Å². The maximum absolute atomic E-state index is 2.56. The number of aryl methyl sites for hydroxylation is 1. The van der Waals surface area contributed by atoms with Crippen LogP contribution in [0.5, 0.6) is 0 Å². The van der Waals surface area contributed by atoms with E-state index in [0.717, 1.165) is 11.4 Å². The number of anilines is 6. The summed E-state index contributed by atoms with van der Waals surface area (Å²) < 4.78 is 5.34. The highest BCUT2D eigenvalue weighted by molar-refractivity contribution is 7.26. The van der Waals surface area contributed by atoms with E-state index in [9.17, 15) is 0 Å². The molecule has 0 saturated carbocycles. The zero-order valence-corrected chi connectivity index (χ0v) is 41.2. The standard InChI is InChI=1S/C63H51BN2S2/c1-38-34-55-59-56(35-38)66(44-30-24-40(25-31-44)46-17-13-19-50-48-15-9-11-21-58(48)68-61(46)50)54-33-27-42(63(5,6)7)37-52(54)64(59)51-36-41(62(2,3)4)26-32-53(51)65(55)43-28-22-39(23-29-43)45-16-12-18-49-47-14-8-10-20-57(47)67-60(45)49/h8-37H,1-7H3. The van der Waals surface area contributed by atoms with Gasteiger partial charge in [0.15, 0.2) is 0 Å². The van der Waals surface area contributed by atoms with Crippen LogP contribution in [-0.2, 0) is 10.8 Å². The molecule has 0 amide bonds. The first-order chi connectivity index (χ1) is 32.9. The van der Waals surface area contributed by atoms with Crippen molar-refractivity contribution in [3.63, 3.8) is 0 Å². The van der Waals surface area contributed by atoms with Crippen molar-refractivity contribution in [2.24, 2.45) is 0 Å². The maximum Gasteiger partial charge on any atom is 0.252 e. The third-order valence-electron chi connectivity index (χ3n) is 14.6. The molecule has 328 valence electrons. The topological polar surface area (TPSA) is 6.48 Å². The molecule has 5 heteroatoms. The maximum atomic E-state index is 2.56. The van der Waals surface area contributed by atoms with Crippen molar-refractivity contribution >= 4 is 120 Å². The van der Waals surface area contributed by atoms with Crippen LogP contribution >= 0.6 is 22.7 Å². The summed E-state index contributed by atoms with van der Waals surface area (Å²) in [6.45, 7) is 16.3. The number of rotatable bonds is 4. The van der Waals surface area contributed by atoms with E-state index in [0.29, 0.717) is 0 Å². The van der Waals surface area contributed by atoms with Gasteiger partial charge in [0.1, 0.15) is 0 Å². The van der Waals surface area contributed by atoms with Gasteiger partial charge in [-0.05, 0) is 134 Å². The third kappa shape index (κ3) is 6.36. The van der Waals surface area contributed by atoms with E-state index in [1.165, 1.54) is 118 Å². The lowest BCUT2D eigenvalue weighted by Gasteiger charge is -2.45. The Morgan fingerprint density at radius 1 is 0.397 bits per heavy atom. The Labute approximate surface area is 407 Å². The second kappa shape index (κ2) is 15.0. The summed E-state index contributed by atoms with van der Waals surface area (Å²) in [5, 5.41) is 5.31. The lowest BCUT2D eigenvalue weighted by Crippen LogP contribution is -2.61. The van der Waals surface area contributed by atoms with Gasteiger partial charge >= 0.3 is 0 Å². The second-order valence-electron chi connectivity index (χ2n) is 21.0. The summed E-state index contributed by atoms with van der Waals surface area (Å²) in [5.41, 5.74) is 20.3. The largest absolute Gasteiger partial charge is 0.311 e. The van der Waals surface area contributed by atoms with Crippen molar-refractivity contribution in [2.75, 3.05) is 9.80 Å². The highest BCUT2D eigenvalue weighted by Crippen LogP contribution is 2.48. The summed E-state index contributed by atoms with van der Waals surface area (Å²) in [6.07, 6.45) is 0. The van der Waals surface area contributed by atoms with Crippen LogP contribution in [0, 0.1) is 6.92 Å². The van der Waals surface area contributed by atoms with Crippen LogP contribution < -0.4 is 26.2 Å². The number of benzene rings is 9. The molecule has 2 nitrogen and oxygen atoms in total. The van der Waals surface area contributed by atoms with Crippen LogP contribution in [0.25, 0.3) is 62.6 Å². The third-order valence-corrected chi connectivity index (χ3v) is 17.1. The monoisotopic (exact) mass is 910 g/mol. The molecule has 11 aromatic rings. The van der Waals surface area contributed by atoms with Crippen molar-refractivity contribution in [2.45, 2.75) is 59.3 Å². The molecule has 2 aliphatic rings. The molecule has 0 radical (unpaired) electrons. The molecule has 2 aromatic heterocycles. The summed E-state index contributed by atoms with van der Waals surface area (Å²) in [7, 11) is 0. The Bertz CT molecular complexity index is 3590. The molecule has 0 saturated heterocycles. The van der Waals surface area contributed by atoms with Crippen molar-refractivity contribution in [1.82, 2.24) is 0 Å². The SMILES string of the molecule is Cc1cc2c3c(c1)N(c1ccc(-c4cccc5c4sc4ccccc45)cc1)c1ccc(C(C)(C)C)cc1B3c1cc(C(C)(C)C)ccc1N2c1ccc(-c2cccc3c2sc2ccccc23)cc1. The average Bonchev–Trinajstić information content (AvgIpc) is 3.92. The van der Waals surface area contributed by atoms with Crippen LogP contribution in [0.2, 0.25) is 0 Å². The van der Waals surface area contributed by atoms with E-state index < -0.39 is 0 Å². The Hall–Kier alpha value is -6.92. The van der Waals surface area contributed by atoms with Crippen LogP contribution in [0.15, 0.2) is 182 Å². The molecule has 0 N–H and O–H groups in total. The molecule has 9 aromatic carbocycles. The van der Waals surface area contributed by atoms with Crippen molar-refractivity contribution in [1.29, 1.82) is 0 Å². The van der Waals surface area contributed by atoms with E-state index in [1.54, 1.807) is 0 Å². The lowest BCUT2D eigenvalue weighted by molar-refractivity contribution is 0.590. The van der Waals surface area contributed by atoms with Crippen molar-refractivity contribution < 1.29 is 0 Å². The summed E-state index contributed by atoms with van der Waals surface area (Å²) in [5.74, 6) is 0. The Morgan fingerprint density at radius 2 is 0.809 bits per heavy atom. The van der Waals surface area contributed by atoms with Gasteiger partial charge in [0.2, 0.25) is 0 Å². The number of fused-ring (bicyclic) bond motifs is 10. The van der Waals surface area contributed by atoms with Gasteiger partial charge in [0, 0.05) is 74.5 Å². The fraction of sp³-hybridized carbons (Fsp3) is 0.143. The van der Waals surface area contributed by atoms with Gasteiger partial charge < -0.3 is 9.80 Å². The minimum Gasteiger partial charge on any atom is -0.311 e. The van der Waals surface area contributed by atoms with Gasteiger partial charge in [-0.25, -0.2) is 0 Å². The molecule has 0 spiro atoms. The molecule has 68 heavy (non-hydrogen) atoms. The Kier molecular flexibility index (Phi) is 9.13. The van der Waals surface area contributed by atoms with E-state index >= 15 is 0 Å². The molecule has 4 heterocycles. The number of thiophene rings is 2. The predicted octanol–water partition coefficient (Wildman–Crippen LogP) is 16.7. The van der Waals surface area contributed by atoms with E-state index in [1.807, 2.05) is 22.7 Å². The lowest BCUT2D eigenvalue weighted by atomic mass is 9.33. The smallest absolute Gasteiger partial charge is 0.252 e. The first kappa shape index (κ1) is 41.3. The molecule has 0 atom stereocenters. The minimum absolute atomic E-state index is 0.0236. The number of hydrogen-bond acceptors (Lipinski definition) is 4. The molecule has 13 rings (SSSR count). The van der Waals surface area contributed by atoms with E-state index in [2.05, 4.69) is 240 Å². The quantitative estimate of drug-likeness (QED) is 0.162. The van der Waals surface area contributed by atoms with Gasteiger partial charge in [-0.2, -0.15) is 0 Å². The van der Waals surface area contributed by atoms with Crippen LogP contribution in [0.3, 0.4) is 0 Å². The predicted molar refractivity (Wildman–Crippen MR) is 299 cm³/mol. The fourth-order valence-electron chi connectivity index (χ4n) is 11.2. The number of nitrogens with zero attached hydrogens (tertiary/aromatic N) is 2. The zero-order valence-electron chi connectivity index (χ0n) is 39.6. The highest BCUT2D eigenvalue weighted by Gasteiger charge is 2.44. The fourth-order valence-corrected chi connectivity index (χ4v) is 13.6. The van der Waals surface area contributed by atoms with Gasteiger partial charge in [0.25, 0.3) is 6.71 Å². The highest BCUT2D eigenvalue weighted by atomic mass is 32.1. The van der Waals surface area contributed by atoms with Gasteiger partial charge in [0.05, 0.1) is 0 Å². The van der Waals surface area contributed by atoms with Crippen LogP contribution in [-0.4, -0.2) is 6.71 Å². The van der Waals surface area contributed by atoms with Crippen LogP contribution in [0.4, 0.5) is 34.1 Å². The normalized spacial score (nSPS) is 13.4. The molecule has 0 bridgehead atoms. The Balaban J connectivity index is 1.00. The number of hydrogen-bond donors (Lipinski definition) is 0. The summed E-state index contributed by atoms with van der Waals surface area (Å²) in [4.78, 5) is 5.11. The molecule has 2 aliphatic heterocycles. The summed E-state index contributed by atoms with van der Waals surface area (Å²) in [6, 6.07) is 69.3. The first-order valence-electron chi connectivity index (χ1n) is 23.9. The van der Waals surface area contributed by atoms with Crippen molar-refractivity contribution in [3.8, 4) is 22.3 Å². The Morgan fingerprint density at radius 3 is 1.24 bits per heavy atom. The second-order valence-corrected chi connectivity index (χ2v) is 23.1. The minimum atomic E-state index is -0.0236. The van der Waals surface area contributed by atoms with E-state index in [-0.39, 0.29) is 17.5 Å². The molecular formula is C63H51BN2S2. The van der Waals surface area contributed by atoms with Gasteiger partial charge in [-0.1, -0.05) is 163 Å². The first-order valence-corrected chi connectivity index (χ1v) is 25.6. The average molecular weight is 911 g/mol. The molecule has 0 aliphatic carbocycles. The molecule has 0 fully saturated rings. The van der Waals surface area contributed by atoms with Crippen LogP contribution in [0.1, 0.15) is 58.2 Å². The van der Waals surface area contributed by atoms with Gasteiger partial charge in [-0.3, -0.25) is 0 Å². The summed E-state index contributed by atoms with van der Waals surface area (Å²) >= 11 is 3.79. The molecular weight excluding hydrogens is 860 g/mol. The van der Waals surface area contributed by atoms with Crippen molar-refractivity contribution in [3.05, 3.63) is 199 Å². The zero-order chi connectivity index (χ0) is 46.2.